The number of hydrogen-bond donors (Lipinski definition) is 1. The fraction of sp³-hybridized carbons (Fsp3) is 0.0952. The van der Waals surface area contributed by atoms with Gasteiger partial charge < -0.3 is 4.90 Å². The van der Waals surface area contributed by atoms with E-state index in [1.165, 1.54) is 0 Å². The topological polar surface area (TPSA) is 61.9 Å². The predicted octanol–water partition coefficient (Wildman–Crippen LogP) is 3.80. The van der Waals surface area contributed by atoms with Crippen molar-refractivity contribution in [2.24, 2.45) is 0 Å². The summed E-state index contributed by atoms with van der Waals surface area (Å²) in [6.07, 6.45) is 3.48. The molecule has 0 fully saturated rings. The minimum absolute atomic E-state index is 0.0943. The quantitative estimate of drug-likeness (QED) is 0.600. The summed E-state index contributed by atoms with van der Waals surface area (Å²) in [6.45, 7) is 1.01. The lowest BCUT2D eigenvalue weighted by Crippen LogP contribution is -2.30. The number of hydrogen-bond acceptors (Lipinski definition) is 3. The van der Waals surface area contributed by atoms with Crippen molar-refractivity contribution >= 4 is 16.8 Å². The summed E-state index contributed by atoms with van der Waals surface area (Å²) in [5, 5.41) is 8.05. The summed E-state index contributed by atoms with van der Waals surface area (Å²) in [6, 6.07) is 21.5. The van der Waals surface area contributed by atoms with Gasteiger partial charge in [0.15, 0.2) is 5.69 Å². The molecule has 0 atom stereocenters. The van der Waals surface area contributed by atoms with E-state index in [-0.39, 0.29) is 5.91 Å². The van der Waals surface area contributed by atoms with Crippen LogP contribution in [0.15, 0.2) is 79.1 Å². The zero-order chi connectivity index (χ0) is 17.8. The Hall–Kier alpha value is -3.47. The molecule has 2 aromatic carbocycles. The Kier molecular flexibility index (Phi) is 4.43. The molecule has 0 aliphatic heterocycles. The maximum Gasteiger partial charge on any atom is 0.275 e. The van der Waals surface area contributed by atoms with E-state index in [4.69, 9.17) is 0 Å². The van der Waals surface area contributed by atoms with Crippen LogP contribution in [0.5, 0.6) is 0 Å². The highest BCUT2D eigenvalue weighted by atomic mass is 16.2. The van der Waals surface area contributed by atoms with Gasteiger partial charge in [-0.15, -0.1) is 0 Å². The second-order valence-electron chi connectivity index (χ2n) is 6.12. The van der Waals surface area contributed by atoms with Crippen LogP contribution in [0.4, 0.5) is 0 Å². The molecule has 0 spiro atoms. The average molecular weight is 342 g/mol. The first-order valence-corrected chi connectivity index (χ1v) is 8.46. The van der Waals surface area contributed by atoms with Gasteiger partial charge in [-0.2, -0.15) is 5.10 Å². The van der Waals surface area contributed by atoms with Crippen molar-refractivity contribution in [1.29, 1.82) is 0 Å². The SMILES string of the molecule is O=C(c1n[nH]c2ccccc12)N(Cc1ccccc1)Cc1ccncc1. The number of rotatable bonds is 5. The van der Waals surface area contributed by atoms with E-state index in [0.29, 0.717) is 18.8 Å². The zero-order valence-corrected chi connectivity index (χ0v) is 14.2. The molecular weight excluding hydrogens is 324 g/mol. The molecule has 1 N–H and O–H groups in total. The molecule has 0 aliphatic rings. The van der Waals surface area contributed by atoms with Crippen LogP contribution in [0.1, 0.15) is 21.6 Å². The number of para-hydroxylation sites is 1. The second-order valence-corrected chi connectivity index (χ2v) is 6.12. The zero-order valence-electron chi connectivity index (χ0n) is 14.2. The first kappa shape index (κ1) is 16.0. The van der Waals surface area contributed by atoms with Crippen LogP contribution in [0.25, 0.3) is 10.9 Å². The molecule has 0 radical (unpaired) electrons. The van der Waals surface area contributed by atoms with E-state index in [2.05, 4.69) is 15.2 Å². The van der Waals surface area contributed by atoms with Gasteiger partial charge in [-0.25, -0.2) is 0 Å². The number of carbonyl (C=O) groups is 1. The Balaban J connectivity index is 1.68. The van der Waals surface area contributed by atoms with Gasteiger partial charge in [-0.3, -0.25) is 14.9 Å². The van der Waals surface area contributed by atoms with Gasteiger partial charge in [-0.1, -0.05) is 48.5 Å². The highest BCUT2D eigenvalue weighted by Crippen LogP contribution is 2.19. The van der Waals surface area contributed by atoms with E-state index in [1.807, 2.05) is 71.6 Å². The molecule has 4 aromatic rings. The standard InChI is InChI=1S/C21H18N4O/c26-21(20-18-8-4-5-9-19(18)23-24-20)25(14-16-6-2-1-3-7-16)15-17-10-12-22-13-11-17/h1-13H,14-15H2,(H,23,24). The minimum Gasteiger partial charge on any atom is -0.329 e. The third-order valence-electron chi connectivity index (χ3n) is 4.30. The highest BCUT2D eigenvalue weighted by molar-refractivity contribution is 6.04. The molecule has 128 valence electrons. The Labute approximate surface area is 151 Å². The molecule has 26 heavy (non-hydrogen) atoms. The number of aromatic nitrogens is 3. The number of nitrogens with one attached hydrogen (secondary N) is 1. The molecule has 1 amide bonds. The lowest BCUT2D eigenvalue weighted by molar-refractivity contribution is 0.0726. The van der Waals surface area contributed by atoms with Gasteiger partial charge in [-0.05, 0) is 29.3 Å². The third kappa shape index (κ3) is 3.32. The molecular formula is C21H18N4O. The number of H-pyrrole nitrogens is 1. The van der Waals surface area contributed by atoms with Gasteiger partial charge in [0, 0.05) is 30.9 Å². The fourth-order valence-electron chi connectivity index (χ4n) is 2.99. The number of carbonyl (C=O) groups excluding carboxylic acids is 1. The Bertz CT molecular complexity index is 970. The smallest absolute Gasteiger partial charge is 0.275 e. The van der Waals surface area contributed by atoms with Gasteiger partial charge in [0.05, 0.1) is 5.52 Å². The molecule has 0 saturated carbocycles. The van der Waals surface area contributed by atoms with E-state index >= 15 is 0 Å². The maximum absolute atomic E-state index is 13.3. The molecule has 0 bridgehead atoms. The number of fused-ring (bicyclic) bond motifs is 1. The first-order valence-electron chi connectivity index (χ1n) is 8.46. The lowest BCUT2D eigenvalue weighted by atomic mass is 10.1. The van der Waals surface area contributed by atoms with Crippen molar-refractivity contribution in [3.8, 4) is 0 Å². The summed E-state index contributed by atoms with van der Waals surface area (Å²) in [4.78, 5) is 19.1. The van der Waals surface area contributed by atoms with E-state index in [0.717, 1.165) is 22.0 Å². The predicted molar refractivity (Wildman–Crippen MR) is 100 cm³/mol. The molecule has 0 unspecified atom stereocenters. The van der Waals surface area contributed by atoms with Crippen LogP contribution in [0.2, 0.25) is 0 Å². The van der Waals surface area contributed by atoms with Crippen LogP contribution in [-0.2, 0) is 13.1 Å². The van der Waals surface area contributed by atoms with E-state index in [1.54, 1.807) is 12.4 Å². The van der Waals surface area contributed by atoms with Crippen LogP contribution in [0, 0.1) is 0 Å². The number of pyridine rings is 1. The van der Waals surface area contributed by atoms with E-state index < -0.39 is 0 Å². The molecule has 0 aliphatic carbocycles. The highest BCUT2D eigenvalue weighted by Gasteiger charge is 2.21. The summed E-state index contributed by atoms with van der Waals surface area (Å²) in [5.74, 6) is -0.0943. The van der Waals surface area contributed by atoms with Gasteiger partial charge in [0.25, 0.3) is 5.91 Å². The largest absolute Gasteiger partial charge is 0.329 e. The number of benzene rings is 2. The summed E-state index contributed by atoms with van der Waals surface area (Å²) in [7, 11) is 0. The van der Waals surface area contributed by atoms with Gasteiger partial charge >= 0.3 is 0 Å². The molecule has 0 saturated heterocycles. The third-order valence-corrected chi connectivity index (χ3v) is 4.30. The molecule has 4 rings (SSSR count). The Morgan fingerprint density at radius 3 is 2.27 bits per heavy atom. The Morgan fingerprint density at radius 1 is 0.846 bits per heavy atom. The molecule has 2 heterocycles. The monoisotopic (exact) mass is 342 g/mol. The Morgan fingerprint density at radius 2 is 1.50 bits per heavy atom. The van der Waals surface area contributed by atoms with Crippen LogP contribution < -0.4 is 0 Å². The molecule has 5 nitrogen and oxygen atoms in total. The van der Waals surface area contributed by atoms with Crippen LogP contribution in [-0.4, -0.2) is 26.0 Å². The fourth-order valence-corrected chi connectivity index (χ4v) is 2.99. The van der Waals surface area contributed by atoms with Gasteiger partial charge in [0.1, 0.15) is 0 Å². The minimum atomic E-state index is -0.0943. The van der Waals surface area contributed by atoms with Crippen molar-refractivity contribution < 1.29 is 4.79 Å². The molecule has 2 aromatic heterocycles. The second kappa shape index (κ2) is 7.19. The van der Waals surface area contributed by atoms with Crippen molar-refractivity contribution in [3.05, 3.63) is 95.9 Å². The summed E-state index contributed by atoms with van der Waals surface area (Å²) < 4.78 is 0. The first-order chi connectivity index (χ1) is 12.8. The van der Waals surface area contributed by atoms with E-state index in [9.17, 15) is 4.79 Å². The van der Waals surface area contributed by atoms with Crippen molar-refractivity contribution in [1.82, 2.24) is 20.1 Å². The van der Waals surface area contributed by atoms with Crippen molar-refractivity contribution in [2.45, 2.75) is 13.1 Å². The number of nitrogens with zero attached hydrogens (tertiary/aromatic N) is 3. The maximum atomic E-state index is 13.3. The lowest BCUT2D eigenvalue weighted by Gasteiger charge is -2.22. The summed E-state index contributed by atoms with van der Waals surface area (Å²) >= 11 is 0. The van der Waals surface area contributed by atoms with Crippen LogP contribution in [0.3, 0.4) is 0 Å². The normalized spacial score (nSPS) is 10.8. The molecule has 5 heteroatoms. The van der Waals surface area contributed by atoms with Crippen molar-refractivity contribution in [2.75, 3.05) is 0 Å². The number of aromatic amines is 1. The average Bonchev–Trinajstić information content (AvgIpc) is 3.13. The summed E-state index contributed by atoms with van der Waals surface area (Å²) in [5.41, 5.74) is 3.42. The number of amides is 1. The van der Waals surface area contributed by atoms with Crippen molar-refractivity contribution in [3.63, 3.8) is 0 Å². The van der Waals surface area contributed by atoms with Crippen LogP contribution >= 0.6 is 0 Å². The van der Waals surface area contributed by atoms with Gasteiger partial charge in [0.2, 0.25) is 0 Å².